The molecule has 1 unspecified atom stereocenters. The first-order chi connectivity index (χ1) is 28.3. The van der Waals surface area contributed by atoms with Gasteiger partial charge in [-0.05, 0) is 96.2 Å². The summed E-state index contributed by atoms with van der Waals surface area (Å²) in [7, 11) is 0. The fourth-order valence-corrected chi connectivity index (χ4v) is 11.1. The molecule has 12 rings (SSSR count). The van der Waals surface area contributed by atoms with Crippen molar-refractivity contribution in [2.75, 3.05) is 4.90 Å². The second-order valence-corrected chi connectivity index (χ2v) is 16.3. The van der Waals surface area contributed by atoms with E-state index >= 15 is 0 Å². The maximum Gasteiger partial charge on any atom is 0.0735 e. The van der Waals surface area contributed by atoms with Crippen LogP contribution in [0.2, 0.25) is 0 Å². The molecule has 1 atom stereocenters. The molecular formula is C55H35NS. The minimum absolute atomic E-state index is 0.497. The van der Waals surface area contributed by atoms with Gasteiger partial charge in [0.2, 0.25) is 0 Å². The number of hydrogen-bond acceptors (Lipinski definition) is 2. The van der Waals surface area contributed by atoms with Gasteiger partial charge in [-0.1, -0.05) is 194 Å². The van der Waals surface area contributed by atoms with Gasteiger partial charge in [-0.15, -0.1) is 0 Å². The standard InChI is InChI=1S/C55H35NS/c1-2-15-37(16-3-1)44-32-29-38-17-6-7-21-43(38)54(44)56(41-30-28-36-14-4-5-18-40(36)34-41)42-31-33-49-52(35-42)57-51-27-11-10-25-48(51)55(49)47-24-9-8-22-45(47)46-23-12-19-39-20-13-26-50(55)53(39)46/h1-35H. The summed E-state index contributed by atoms with van der Waals surface area (Å²) in [4.78, 5) is 5.07. The Kier molecular flexibility index (Phi) is 7.14. The van der Waals surface area contributed by atoms with E-state index < -0.39 is 5.41 Å². The van der Waals surface area contributed by atoms with Crippen LogP contribution < -0.4 is 4.90 Å². The first-order valence-corrected chi connectivity index (χ1v) is 20.5. The van der Waals surface area contributed by atoms with Crippen LogP contribution in [0.15, 0.2) is 222 Å². The van der Waals surface area contributed by atoms with E-state index in [1.807, 2.05) is 11.8 Å². The molecule has 0 amide bonds. The SMILES string of the molecule is c1ccc(-c2ccc3ccccc3c2N(c2ccc3c(c2)Sc2ccccc2C32c3ccccc3-c3cccc4cccc2c34)c2ccc3ccccc3c2)cc1. The molecule has 0 fully saturated rings. The molecule has 266 valence electrons. The molecule has 0 N–H and O–H groups in total. The molecule has 2 aliphatic rings. The van der Waals surface area contributed by atoms with Crippen LogP contribution in [0.1, 0.15) is 22.3 Å². The van der Waals surface area contributed by atoms with E-state index in [4.69, 9.17) is 0 Å². The van der Waals surface area contributed by atoms with Crippen LogP contribution >= 0.6 is 11.8 Å². The molecule has 1 heterocycles. The molecule has 0 aromatic heterocycles. The maximum absolute atomic E-state index is 2.51. The Morgan fingerprint density at radius 3 is 1.86 bits per heavy atom. The average molecular weight is 742 g/mol. The van der Waals surface area contributed by atoms with Crippen molar-refractivity contribution in [3.05, 3.63) is 235 Å². The molecule has 1 aliphatic carbocycles. The molecule has 0 saturated heterocycles. The number of nitrogens with zero attached hydrogens (tertiary/aromatic N) is 1. The Hall–Kier alpha value is -6.87. The van der Waals surface area contributed by atoms with E-state index in [-0.39, 0.29) is 0 Å². The number of hydrogen-bond donors (Lipinski definition) is 0. The minimum Gasteiger partial charge on any atom is -0.309 e. The zero-order valence-corrected chi connectivity index (χ0v) is 31.9. The normalized spacial score (nSPS) is 15.0. The Balaban J connectivity index is 1.18. The van der Waals surface area contributed by atoms with Gasteiger partial charge in [0.25, 0.3) is 0 Å². The van der Waals surface area contributed by atoms with Crippen molar-refractivity contribution in [2.45, 2.75) is 15.2 Å². The lowest BCUT2D eigenvalue weighted by Crippen LogP contribution is -2.36. The van der Waals surface area contributed by atoms with Gasteiger partial charge in [-0.2, -0.15) is 0 Å². The van der Waals surface area contributed by atoms with E-state index in [0.717, 1.165) is 11.4 Å². The summed E-state index contributed by atoms with van der Waals surface area (Å²) < 4.78 is 0. The van der Waals surface area contributed by atoms with Crippen LogP contribution in [-0.4, -0.2) is 0 Å². The van der Waals surface area contributed by atoms with E-state index in [0.29, 0.717) is 0 Å². The lowest BCUT2D eigenvalue weighted by atomic mass is 9.59. The molecule has 10 aromatic carbocycles. The fourth-order valence-electron chi connectivity index (χ4n) is 9.89. The topological polar surface area (TPSA) is 3.24 Å². The molecule has 1 spiro atoms. The summed E-state index contributed by atoms with van der Waals surface area (Å²) >= 11 is 1.90. The third-order valence-electron chi connectivity index (χ3n) is 12.3. The smallest absolute Gasteiger partial charge is 0.0735 e. The summed E-state index contributed by atoms with van der Waals surface area (Å²) in [6.07, 6.45) is 0. The highest BCUT2D eigenvalue weighted by atomic mass is 32.2. The highest BCUT2D eigenvalue weighted by Gasteiger charge is 2.48. The van der Waals surface area contributed by atoms with E-state index in [1.54, 1.807) is 0 Å². The lowest BCUT2D eigenvalue weighted by Gasteiger charge is -2.46. The molecular weight excluding hydrogens is 707 g/mol. The Labute approximate surface area is 336 Å². The molecule has 1 nitrogen and oxygen atoms in total. The second-order valence-electron chi connectivity index (χ2n) is 15.2. The van der Waals surface area contributed by atoms with Crippen molar-refractivity contribution in [3.8, 4) is 22.3 Å². The van der Waals surface area contributed by atoms with Gasteiger partial charge >= 0.3 is 0 Å². The number of benzene rings is 10. The summed E-state index contributed by atoms with van der Waals surface area (Å²) in [5, 5.41) is 7.49. The molecule has 0 bridgehead atoms. The number of anilines is 3. The zero-order chi connectivity index (χ0) is 37.5. The van der Waals surface area contributed by atoms with Crippen LogP contribution in [0.25, 0.3) is 54.6 Å². The van der Waals surface area contributed by atoms with Crippen LogP contribution in [-0.2, 0) is 5.41 Å². The third-order valence-corrected chi connectivity index (χ3v) is 13.4. The number of rotatable bonds is 4. The van der Waals surface area contributed by atoms with Crippen molar-refractivity contribution in [2.24, 2.45) is 0 Å². The molecule has 1 aliphatic heterocycles. The predicted octanol–water partition coefficient (Wildman–Crippen LogP) is 15.1. The Bertz CT molecular complexity index is 3230. The molecule has 10 aromatic rings. The highest BCUT2D eigenvalue weighted by Crippen LogP contribution is 2.62. The predicted molar refractivity (Wildman–Crippen MR) is 241 cm³/mol. The van der Waals surface area contributed by atoms with Crippen molar-refractivity contribution < 1.29 is 0 Å². The third kappa shape index (κ3) is 4.72. The van der Waals surface area contributed by atoms with E-state index in [2.05, 4.69) is 217 Å². The second kappa shape index (κ2) is 12.6. The van der Waals surface area contributed by atoms with Gasteiger partial charge in [0.05, 0.1) is 11.1 Å². The summed E-state index contributed by atoms with van der Waals surface area (Å²) in [6.45, 7) is 0. The summed E-state index contributed by atoms with van der Waals surface area (Å²) in [6, 6.07) is 79.0. The zero-order valence-electron chi connectivity index (χ0n) is 31.1. The molecule has 2 heteroatoms. The van der Waals surface area contributed by atoms with Gasteiger partial charge in [0, 0.05) is 32.1 Å². The first-order valence-electron chi connectivity index (χ1n) is 19.7. The summed E-state index contributed by atoms with van der Waals surface area (Å²) in [5.74, 6) is 0. The van der Waals surface area contributed by atoms with Crippen LogP contribution in [0.4, 0.5) is 17.1 Å². The Morgan fingerprint density at radius 2 is 0.965 bits per heavy atom. The number of fused-ring (bicyclic) bond motifs is 10. The molecule has 0 saturated carbocycles. The first kappa shape index (κ1) is 32.4. The van der Waals surface area contributed by atoms with Gasteiger partial charge in [0.1, 0.15) is 0 Å². The van der Waals surface area contributed by atoms with E-state index in [1.165, 1.54) is 92.3 Å². The van der Waals surface area contributed by atoms with Crippen molar-refractivity contribution >= 4 is 61.1 Å². The van der Waals surface area contributed by atoms with Crippen LogP contribution in [0.5, 0.6) is 0 Å². The monoisotopic (exact) mass is 741 g/mol. The van der Waals surface area contributed by atoms with Crippen molar-refractivity contribution in [3.63, 3.8) is 0 Å². The van der Waals surface area contributed by atoms with Gasteiger partial charge in [-0.25, -0.2) is 0 Å². The molecule has 0 radical (unpaired) electrons. The molecule has 57 heavy (non-hydrogen) atoms. The largest absolute Gasteiger partial charge is 0.309 e. The fraction of sp³-hybridized carbons (Fsp3) is 0.0182. The summed E-state index contributed by atoms with van der Waals surface area (Å²) in [5.41, 5.74) is 13.3. The highest BCUT2D eigenvalue weighted by molar-refractivity contribution is 7.99. The van der Waals surface area contributed by atoms with Crippen LogP contribution in [0, 0.1) is 0 Å². The maximum atomic E-state index is 2.51. The quantitative estimate of drug-likeness (QED) is 0.177. The minimum atomic E-state index is -0.497. The Morgan fingerprint density at radius 1 is 0.351 bits per heavy atom. The van der Waals surface area contributed by atoms with Gasteiger partial charge in [0.15, 0.2) is 0 Å². The van der Waals surface area contributed by atoms with Gasteiger partial charge < -0.3 is 4.90 Å². The van der Waals surface area contributed by atoms with Gasteiger partial charge in [-0.3, -0.25) is 0 Å². The van der Waals surface area contributed by atoms with Crippen molar-refractivity contribution in [1.82, 2.24) is 0 Å². The van der Waals surface area contributed by atoms with Crippen molar-refractivity contribution in [1.29, 1.82) is 0 Å². The van der Waals surface area contributed by atoms with Crippen LogP contribution in [0.3, 0.4) is 0 Å². The average Bonchev–Trinajstić information content (AvgIpc) is 3.28. The van der Waals surface area contributed by atoms with E-state index in [9.17, 15) is 0 Å². The lowest BCUT2D eigenvalue weighted by molar-refractivity contribution is 0.707.